The fraction of sp³-hybridized carbons (Fsp3) is 0.417. The van der Waals surface area contributed by atoms with Gasteiger partial charge in [-0.2, -0.15) is 13.2 Å². The van der Waals surface area contributed by atoms with Crippen LogP contribution in [-0.4, -0.2) is 16.8 Å². The number of unbranched alkanes of at least 4 members (excludes halogenated alkanes) is 1. The minimum atomic E-state index is -4.45. The molecule has 19 heavy (non-hydrogen) atoms. The number of amidine groups is 1. The fourth-order valence-electron chi connectivity index (χ4n) is 1.41. The van der Waals surface area contributed by atoms with Crippen molar-refractivity contribution in [3.05, 3.63) is 29.3 Å². The van der Waals surface area contributed by atoms with Gasteiger partial charge in [0.05, 0.1) is 5.56 Å². The molecular formula is C12H15F3N2OS. The Hall–Kier alpha value is -1.37. The molecule has 0 saturated carbocycles. The zero-order valence-corrected chi connectivity index (χ0v) is 11.2. The number of thioether (sulfide) groups is 1. The van der Waals surface area contributed by atoms with Crippen LogP contribution in [0.1, 0.15) is 30.9 Å². The van der Waals surface area contributed by atoms with Crippen LogP contribution in [0.2, 0.25) is 0 Å². The summed E-state index contributed by atoms with van der Waals surface area (Å²) in [6.45, 7) is 2.03. The molecule has 0 aliphatic rings. The van der Waals surface area contributed by atoms with Gasteiger partial charge in [-0.3, -0.25) is 0 Å². The van der Waals surface area contributed by atoms with Crippen molar-refractivity contribution in [3.8, 4) is 0 Å². The Balaban J connectivity index is 3.10. The molecule has 0 radical (unpaired) electrons. The van der Waals surface area contributed by atoms with E-state index in [9.17, 15) is 13.2 Å². The van der Waals surface area contributed by atoms with E-state index in [1.165, 1.54) is 17.8 Å². The maximum atomic E-state index is 12.6. The molecule has 3 N–H and O–H groups in total. The van der Waals surface area contributed by atoms with Gasteiger partial charge < -0.3 is 10.9 Å². The van der Waals surface area contributed by atoms with Gasteiger partial charge in [-0.25, -0.2) is 0 Å². The monoisotopic (exact) mass is 292 g/mol. The van der Waals surface area contributed by atoms with Crippen molar-refractivity contribution in [1.29, 1.82) is 0 Å². The Morgan fingerprint density at radius 2 is 2.11 bits per heavy atom. The van der Waals surface area contributed by atoms with Crippen LogP contribution in [0, 0.1) is 0 Å². The molecule has 0 aromatic heterocycles. The Bertz CT molecular complexity index is 461. The number of nitrogens with zero attached hydrogens (tertiary/aromatic N) is 1. The summed E-state index contributed by atoms with van der Waals surface area (Å²) < 4.78 is 37.9. The Morgan fingerprint density at radius 3 is 2.63 bits per heavy atom. The van der Waals surface area contributed by atoms with Crippen LogP contribution in [0.5, 0.6) is 0 Å². The standard InChI is InChI=1S/C12H15F3N2OS/c1-2-3-6-19-10-5-4-8(12(13,14)15)7-9(10)11(16)17-18/h4-5,7,18H,2-3,6H2,1H3,(H2,16,17). The summed E-state index contributed by atoms with van der Waals surface area (Å²) in [6, 6.07) is 3.27. The highest BCUT2D eigenvalue weighted by Gasteiger charge is 2.31. The summed E-state index contributed by atoms with van der Waals surface area (Å²) in [5, 5.41) is 11.4. The first-order valence-electron chi connectivity index (χ1n) is 5.72. The van der Waals surface area contributed by atoms with Gasteiger partial charge in [0.1, 0.15) is 0 Å². The molecule has 0 heterocycles. The van der Waals surface area contributed by atoms with Gasteiger partial charge in [-0.15, -0.1) is 11.8 Å². The van der Waals surface area contributed by atoms with E-state index < -0.39 is 11.7 Å². The van der Waals surface area contributed by atoms with E-state index in [0.717, 1.165) is 30.7 Å². The predicted molar refractivity (Wildman–Crippen MR) is 69.6 cm³/mol. The number of alkyl halides is 3. The Labute approximate surface area is 113 Å². The highest BCUT2D eigenvalue weighted by Crippen LogP contribution is 2.33. The zero-order chi connectivity index (χ0) is 14.5. The van der Waals surface area contributed by atoms with Crippen LogP contribution in [0.15, 0.2) is 28.3 Å². The molecule has 1 aromatic carbocycles. The minimum absolute atomic E-state index is 0.110. The molecule has 106 valence electrons. The molecule has 3 nitrogen and oxygen atoms in total. The Kier molecular flexibility index (Phi) is 5.53. The molecular weight excluding hydrogens is 277 g/mol. The van der Waals surface area contributed by atoms with Crippen molar-refractivity contribution in [2.75, 3.05) is 5.75 Å². The second kappa shape index (κ2) is 6.70. The maximum absolute atomic E-state index is 12.6. The molecule has 7 heteroatoms. The van der Waals surface area contributed by atoms with Crippen LogP contribution in [-0.2, 0) is 6.18 Å². The van der Waals surface area contributed by atoms with Crippen LogP contribution in [0.3, 0.4) is 0 Å². The van der Waals surface area contributed by atoms with Gasteiger partial charge in [-0.1, -0.05) is 18.5 Å². The third-order valence-corrected chi connectivity index (χ3v) is 3.61. The van der Waals surface area contributed by atoms with E-state index in [4.69, 9.17) is 10.9 Å². The number of hydrogen-bond acceptors (Lipinski definition) is 3. The van der Waals surface area contributed by atoms with Gasteiger partial charge in [-0.05, 0) is 30.4 Å². The lowest BCUT2D eigenvalue weighted by atomic mass is 10.1. The second-order valence-corrected chi connectivity index (χ2v) is 5.03. The summed E-state index contributed by atoms with van der Waals surface area (Å²) in [5.74, 6) is 0.457. The zero-order valence-electron chi connectivity index (χ0n) is 10.4. The number of nitrogens with two attached hydrogens (primary N) is 1. The van der Waals surface area contributed by atoms with Crippen LogP contribution >= 0.6 is 11.8 Å². The summed E-state index contributed by atoms with van der Waals surface area (Å²) in [7, 11) is 0. The number of benzene rings is 1. The summed E-state index contributed by atoms with van der Waals surface area (Å²) in [5.41, 5.74) is 4.73. The SMILES string of the molecule is CCCCSc1ccc(C(F)(F)F)cc1/C(N)=N/O. The number of halogens is 3. The van der Waals surface area contributed by atoms with Crippen molar-refractivity contribution in [1.82, 2.24) is 0 Å². The third-order valence-electron chi connectivity index (χ3n) is 2.45. The first-order valence-corrected chi connectivity index (χ1v) is 6.70. The summed E-state index contributed by atoms with van der Waals surface area (Å²) >= 11 is 1.40. The Morgan fingerprint density at radius 1 is 1.42 bits per heavy atom. The van der Waals surface area contributed by atoms with E-state index in [1.807, 2.05) is 6.92 Å². The molecule has 1 rings (SSSR count). The molecule has 0 bridgehead atoms. The summed E-state index contributed by atoms with van der Waals surface area (Å²) in [6.07, 6.45) is -2.51. The van der Waals surface area contributed by atoms with Crippen molar-refractivity contribution < 1.29 is 18.4 Å². The van der Waals surface area contributed by atoms with Gasteiger partial charge in [0, 0.05) is 10.5 Å². The molecule has 0 aliphatic carbocycles. The smallest absolute Gasteiger partial charge is 0.409 e. The molecule has 0 fully saturated rings. The molecule has 0 saturated heterocycles. The average molecular weight is 292 g/mol. The molecule has 0 spiro atoms. The average Bonchev–Trinajstić information content (AvgIpc) is 2.37. The fourth-order valence-corrected chi connectivity index (χ4v) is 2.55. The topological polar surface area (TPSA) is 58.6 Å². The third kappa shape index (κ3) is 4.34. The first-order chi connectivity index (χ1) is 8.90. The highest BCUT2D eigenvalue weighted by molar-refractivity contribution is 7.99. The van der Waals surface area contributed by atoms with E-state index in [0.29, 0.717) is 4.90 Å². The van der Waals surface area contributed by atoms with Crippen molar-refractivity contribution in [2.45, 2.75) is 30.8 Å². The first kappa shape index (κ1) is 15.7. The van der Waals surface area contributed by atoms with E-state index in [2.05, 4.69) is 5.16 Å². The predicted octanol–water partition coefficient (Wildman–Crippen LogP) is 3.69. The van der Waals surface area contributed by atoms with Crippen LogP contribution < -0.4 is 5.73 Å². The lowest BCUT2D eigenvalue weighted by molar-refractivity contribution is -0.137. The summed E-state index contributed by atoms with van der Waals surface area (Å²) in [4.78, 5) is 0.580. The number of rotatable bonds is 5. The minimum Gasteiger partial charge on any atom is -0.409 e. The molecule has 1 aromatic rings. The number of hydrogen-bond donors (Lipinski definition) is 2. The van der Waals surface area contributed by atoms with E-state index >= 15 is 0 Å². The van der Waals surface area contributed by atoms with Crippen LogP contribution in [0.25, 0.3) is 0 Å². The van der Waals surface area contributed by atoms with E-state index in [1.54, 1.807) is 0 Å². The molecule has 0 aliphatic heterocycles. The number of oxime groups is 1. The van der Waals surface area contributed by atoms with Crippen molar-refractivity contribution in [2.24, 2.45) is 10.9 Å². The molecule has 0 amide bonds. The van der Waals surface area contributed by atoms with E-state index in [-0.39, 0.29) is 11.4 Å². The molecule has 0 atom stereocenters. The lowest BCUT2D eigenvalue weighted by Crippen LogP contribution is -2.16. The quantitative estimate of drug-likeness (QED) is 0.217. The van der Waals surface area contributed by atoms with Gasteiger partial charge in [0.2, 0.25) is 0 Å². The van der Waals surface area contributed by atoms with Gasteiger partial charge in [0.15, 0.2) is 5.84 Å². The largest absolute Gasteiger partial charge is 0.416 e. The maximum Gasteiger partial charge on any atom is 0.416 e. The van der Waals surface area contributed by atoms with Gasteiger partial charge >= 0.3 is 6.18 Å². The second-order valence-electron chi connectivity index (χ2n) is 3.90. The normalized spacial score (nSPS) is 12.7. The molecule has 0 unspecified atom stereocenters. The van der Waals surface area contributed by atoms with Gasteiger partial charge in [0.25, 0.3) is 0 Å². The highest BCUT2D eigenvalue weighted by atomic mass is 32.2. The van der Waals surface area contributed by atoms with Crippen molar-refractivity contribution >= 4 is 17.6 Å². The van der Waals surface area contributed by atoms with Crippen LogP contribution in [0.4, 0.5) is 13.2 Å². The lowest BCUT2D eigenvalue weighted by Gasteiger charge is -2.12. The van der Waals surface area contributed by atoms with Crippen molar-refractivity contribution in [3.63, 3.8) is 0 Å².